The Kier molecular flexibility index (Phi) is 2.98. The number of H-pyrrole nitrogens is 1. The van der Waals surface area contributed by atoms with Gasteiger partial charge in [0.15, 0.2) is 0 Å². The first-order valence-electron chi connectivity index (χ1n) is 5.02. The standard InChI is InChI=1S/C12H10ClFN2O/c1-6-7(2)16-12(17)11(15-6)8-3-4-10(14)9(13)5-8/h3-5H,1-2H3,(H,16,17). The van der Waals surface area contributed by atoms with Gasteiger partial charge in [-0.3, -0.25) is 4.79 Å². The molecule has 0 atom stereocenters. The molecule has 17 heavy (non-hydrogen) atoms. The van der Waals surface area contributed by atoms with Gasteiger partial charge in [-0.25, -0.2) is 9.37 Å². The Morgan fingerprint density at radius 1 is 1.35 bits per heavy atom. The highest BCUT2D eigenvalue weighted by molar-refractivity contribution is 6.31. The molecular formula is C12H10ClFN2O. The fourth-order valence-corrected chi connectivity index (χ4v) is 1.64. The molecule has 0 radical (unpaired) electrons. The third-order valence-electron chi connectivity index (χ3n) is 2.53. The van der Waals surface area contributed by atoms with E-state index in [1.807, 2.05) is 0 Å². The summed E-state index contributed by atoms with van der Waals surface area (Å²) in [5, 5.41) is -0.0260. The quantitative estimate of drug-likeness (QED) is 0.848. The van der Waals surface area contributed by atoms with Gasteiger partial charge in [-0.1, -0.05) is 11.6 Å². The van der Waals surface area contributed by atoms with E-state index in [-0.39, 0.29) is 16.3 Å². The number of rotatable bonds is 1. The SMILES string of the molecule is Cc1nc(-c2ccc(F)c(Cl)c2)c(=O)[nH]c1C. The molecule has 0 amide bonds. The van der Waals surface area contributed by atoms with Crippen LogP contribution in [0.2, 0.25) is 5.02 Å². The number of aromatic nitrogens is 2. The molecule has 1 heterocycles. The largest absolute Gasteiger partial charge is 0.323 e. The highest BCUT2D eigenvalue weighted by Crippen LogP contribution is 2.21. The minimum absolute atomic E-state index is 0.0260. The number of benzene rings is 1. The average Bonchev–Trinajstić information content (AvgIpc) is 2.27. The van der Waals surface area contributed by atoms with Crippen LogP contribution >= 0.6 is 11.6 Å². The van der Waals surface area contributed by atoms with E-state index in [0.29, 0.717) is 11.3 Å². The second-order valence-electron chi connectivity index (χ2n) is 3.75. The van der Waals surface area contributed by atoms with Crippen molar-refractivity contribution in [3.05, 3.63) is 50.8 Å². The van der Waals surface area contributed by atoms with Gasteiger partial charge in [0.1, 0.15) is 11.5 Å². The summed E-state index contributed by atoms with van der Waals surface area (Å²) in [6.07, 6.45) is 0. The Morgan fingerprint density at radius 2 is 2.06 bits per heavy atom. The highest BCUT2D eigenvalue weighted by Gasteiger charge is 2.09. The lowest BCUT2D eigenvalue weighted by Gasteiger charge is -2.04. The van der Waals surface area contributed by atoms with Gasteiger partial charge in [-0.2, -0.15) is 0 Å². The number of nitrogens with one attached hydrogen (secondary N) is 1. The number of hydrogen-bond donors (Lipinski definition) is 1. The van der Waals surface area contributed by atoms with Crippen molar-refractivity contribution in [2.45, 2.75) is 13.8 Å². The van der Waals surface area contributed by atoms with E-state index in [1.54, 1.807) is 13.8 Å². The molecular weight excluding hydrogens is 243 g/mol. The zero-order valence-corrected chi connectivity index (χ0v) is 10.1. The predicted molar refractivity (Wildman–Crippen MR) is 64.7 cm³/mol. The number of aromatic amines is 1. The van der Waals surface area contributed by atoms with Gasteiger partial charge in [-0.15, -0.1) is 0 Å². The molecule has 0 unspecified atom stereocenters. The second-order valence-corrected chi connectivity index (χ2v) is 4.16. The summed E-state index contributed by atoms with van der Waals surface area (Å²) < 4.78 is 13.0. The summed E-state index contributed by atoms with van der Waals surface area (Å²) in [4.78, 5) is 18.6. The zero-order valence-electron chi connectivity index (χ0n) is 9.34. The lowest BCUT2D eigenvalue weighted by atomic mass is 10.1. The molecule has 2 aromatic rings. The lowest BCUT2D eigenvalue weighted by molar-refractivity contribution is 0.628. The molecule has 1 N–H and O–H groups in total. The Balaban J connectivity index is 2.64. The van der Waals surface area contributed by atoms with E-state index in [1.165, 1.54) is 18.2 Å². The van der Waals surface area contributed by atoms with Crippen molar-refractivity contribution in [1.82, 2.24) is 9.97 Å². The maximum absolute atomic E-state index is 13.0. The smallest absolute Gasteiger partial charge is 0.274 e. The van der Waals surface area contributed by atoms with Crippen molar-refractivity contribution < 1.29 is 4.39 Å². The molecule has 0 spiro atoms. The maximum Gasteiger partial charge on any atom is 0.274 e. The number of hydrogen-bond acceptors (Lipinski definition) is 2. The van der Waals surface area contributed by atoms with Gasteiger partial charge in [0.25, 0.3) is 5.56 Å². The first kappa shape index (κ1) is 11.8. The van der Waals surface area contributed by atoms with Crippen LogP contribution in [0.5, 0.6) is 0 Å². The van der Waals surface area contributed by atoms with Crippen LogP contribution in [0.4, 0.5) is 4.39 Å². The van der Waals surface area contributed by atoms with Crippen molar-refractivity contribution in [3.63, 3.8) is 0 Å². The Labute approximate surface area is 102 Å². The molecule has 1 aromatic carbocycles. The Bertz CT molecular complexity index is 637. The highest BCUT2D eigenvalue weighted by atomic mass is 35.5. The Hall–Kier alpha value is -1.68. The summed E-state index contributed by atoms with van der Waals surface area (Å²) in [7, 11) is 0. The monoisotopic (exact) mass is 252 g/mol. The molecule has 0 aliphatic carbocycles. The van der Waals surface area contributed by atoms with Gasteiger partial charge >= 0.3 is 0 Å². The van der Waals surface area contributed by atoms with E-state index in [9.17, 15) is 9.18 Å². The van der Waals surface area contributed by atoms with E-state index in [2.05, 4.69) is 9.97 Å². The molecule has 0 aliphatic rings. The summed E-state index contributed by atoms with van der Waals surface area (Å²) in [5.74, 6) is -0.518. The van der Waals surface area contributed by atoms with Crippen molar-refractivity contribution >= 4 is 11.6 Å². The summed E-state index contributed by atoms with van der Waals surface area (Å²) in [6, 6.07) is 4.09. The maximum atomic E-state index is 13.0. The van der Waals surface area contributed by atoms with Crippen LogP contribution in [-0.2, 0) is 0 Å². The van der Waals surface area contributed by atoms with E-state index >= 15 is 0 Å². The molecule has 0 aliphatic heterocycles. The van der Waals surface area contributed by atoms with Gasteiger partial charge in [0.05, 0.1) is 10.7 Å². The molecule has 0 saturated carbocycles. The van der Waals surface area contributed by atoms with Crippen LogP contribution in [-0.4, -0.2) is 9.97 Å². The lowest BCUT2D eigenvalue weighted by Crippen LogP contribution is -2.14. The van der Waals surface area contributed by atoms with Crippen LogP contribution in [0.3, 0.4) is 0 Å². The minimum atomic E-state index is -0.518. The number of halogens is 2. The first-order valence-corrected chi connectivity index (χ1v) is 5.40. The van der Waals surface area contributed by atoms with Gasteiger partial charge in [0.2, 0.25) is 0 Å². The van der Waals surface area contributed by atoms with Gasteiger partial charge in [0, 0.05) is 11.3 Å². The van der Waals surface area contributed by atoms with E-state index < -0.39 is 5.82 Å². The predicted octanol–water partition coefficient (Wildman–Crippen LogP) is 2.85. The van der Waals surface area contributed by atoms with Gasteiger partial charge in [-0.05, 0) is 32.0 Å². The minimum Gasteiger partial charge on any atom is -0.323 e. The molecule has 0 fully saturated rings. The molecule has 0 bridgehead atoms. The molecule has 2 rings (SSSR count). The molecule has 88 valence electrons. The summed E-state index contributed by atoms with van der Waals surface area (Å²) in [5.41, 5.74) is 1.87. The first-order chi connectivity index (χ1) is 7.99. The second kappa shape index (κ2) is 4.30. The molecule has 1 aromatic heterocycles. The fourth-order valence-electron chi connectivity index (χ4n) is 1.46. The van der Waals surface area contributed by atoms with E-state index in [4.69, 9.17) is 11.6 Å². The van der Waals surface area contributed by atoms with E-state index in [0.717, 1.165) is 5.69 Å². The molecule has 5 heteroatoms. The van der Waals surface area contributed by atoms with Crippen molar-refractivity contribution in [2.24, 2.45) is 0 Å². The number of nitrogens with zero attached hydrogens (tertiary/aromatic N) is 1. The van der Waals surface area contributed by atoms with Crippen molar-refractivity contribution in [3.8, 4) is 11.3 Å². The van der Waals surface area contributed by atoms with Crippen LogP contribution in [0.15, 0.2) is 23.0 Å². The topological polar surface area (TPSA) is 45.8 Å². The van der Waals surface area contributed by atoms with Crippen molar-refractivity contribution in [2.75, 3.05) is 0 Å². The third-order valence-corrected chi connectivity index (χ3v) is 2.82. The van der Waals surface area contributed by atoms with Crippen molar-refractivity contribution in [1.29, 1.82) is 0 Å². The molecule has 3 nitrogen and oxygen atoms in total. The molecule has 0 saturated heterocycles. The van der Waals surface area contributed by atoms with Crippen LogP contribution < -0.4 is 5.56 Å². The van der Waals surface area contributed by atoms with Gasteiger partial charge < -0.3 is 4.98 Å². The Morgan fingerprint density at radius 3 is 2.71 bits per heavy atom. The van der Waals surface area contributed by atoms with Crippen LogP contribution in [0.1, 0.15) is 11.4 Å². The third kappa shape index (κ3) is 2.22. The average molecular weight is 253 g/mol. The summed E-state index contributed by atoms with van der Waals surface area (Å²) >= 11 is 5.67. The van der Waals surface area contributed by atoms with Crippen LogP contribution in [0.25, 0.3) is 11.3 Å². The van der Waals surface area contributed by atoms with Crippen LogP contribution in [0, 0.1) is 19.7 Å². The fraction of sp³-hybridized carbons (Fsp3) is 0.167. The number of aryl methyl sites for hydroxylation is 2. The summed E-state index contributed by atoms with van der Waals surface area (Å²) in [6.45, 7) is 3.56. The zero-order chi connectivity index (χ0) is 12.6. The normalized spacial score (nSPS) is 10.6.